The van der Waals surface area contributed by atoms with E-state index in [4.69, 9.17) is 16.3 Å². The van der Waals surface area contributed by atoms with Crippen molar-refractivity contribution in [2.45, 2.75) is 6.42 Å². The summed E-state index contributed by atoms with van der Waals surface area (Å²) in [5.74, 6) is 0.834. The maximum atomic E-state index is 10.8. The van der Waals surface area contributed by atoms with Gasteiger partial charge in [-0.3, -0.25) is 4.79 Å². The molecule has 82 valence electrons. The Balaban J connectivity index is 2.51. The summed E-state index contributed by atoms with van der Waals surface area (Å²) in [5, 5.41) is 1.74. The molecule has 0 aromatic heterocycles. The number of ether oxygens (including phenoxy) is 1. The molecule has 2 rings (SSSR count). The maximum absolute atomic E-state index is 10.8. The number of rotatable bonds is 3. The van der Waals surface area contributed by atoms with Crippen molar-refractivity contribution in [1.29, 1.82) is 0 Å². The number of benzene rings is 2. The van der Waals surface area contributed by atoms with Crippen LogP contribution in [0.4, 0.5) is 0 Å². The predicted octanol–water partition coefficient (Wildman–Crippen LogP) is 3.16. The van der Waals surface area contributed by atoms with Gasteiger partial charge in [0.25, 0.3) is 0 Å². The number of methoxy groups -OCH3 is 1. The van der Waals surface area contributed by atoms with E-state index in [2.05, 4.69) is 0 Å². The zero-order valence-electron chi connectivity index (χ0n) is 8.87. The van der Waals surface area contributed by atoms with Crippen molar-refractivity contribution in [3.63, 3.8) is 0 Å². The first kappa shape index (κ1) is 11.0. The molecule has 0 aliphatic heterocycles. The Bertz CT molecular complexity index is 534. The van der Waals surface area contributed by atoms with Gasteiger partial charge in [0, 0.05) is 11.8 Å². The van der Waals surface area contributed by atoms with Gasteiger partial charge in [-0.05, 0) is 28.6 Å². The van der Waals surface area contributed by atoms with Gasteiger partial charge in [-0.2, -0.15) is 0 Å². The molecule has 0 N–H and O–H groups in total. The van der Waals surface area contributed by atoms with Crippen LogP contribution in [0.5, 0.6) is 5.75 Å². The molecule has 0 atom stereocenters. The number of carbonyl (C=O) groups is 1. The number of hydrogen-bond donors (Lipinski definition) is 0. The minimum absolute atomic E-state index is 0.259. The van der Waals surface area contributed by atoms with E-state index in [0.29, 0.717) is 0 Å². The first-order chi connectivity index (χ1) is 7.70. The summed E-state index contributed by atoms with van der Waals surface area (Å²) in [4.78, 5) is 10.8. The molecular formula is C13H11ClO2. The van der Waals surface area contributed by atoms with Crippen molar-refractivity contribution < 1.29 is 9.53 Å². The lowest BCUT2D eigenvalue weighted by molar-refractivity contribution is -0.111. The fourth-order valence-electron chi connectivity index (χ4n) is 1.75. The average molecular weight is 235 g/mol. The van der Waals surface area contributed by atoms with E-state index in [1.54, 1.807) is 7.11 Å². The highest BCUT2D eigenvalue weighted by atomic mass is 35.5. The molecule has 2 aromatic rings. The second kappa shape index (κ2) is 4.54. The van der Waals surface area contributed by atoms with Gasteiger partial charge in [-0.25, -0.2) is 0 Å². The van der Waals surface area contributed by atoms with E-state index in [-0.39, 0.29) is 11.7 Å². The second-order valence-electron chi connectivity index (χ2n) is 3.55. The molecule has 2 nitrogen and oxygen atoms in total. The van der Waals surface area contributed by atoms with Crippen molar-refractivity contribution in [3.05, 3.63) is 42.0 Å². The van der Waals surface area contributed by atoms with Gasteiger partial charge < -0.3 is 4.74 Å². The summed E-state index contributed by atoms with van der Waals surface area (Å²) < 4.78 is 5.26. The van der Waals surface area contributed by atoms with Crippen LogP contribution in [0.3, 0.4) is 0 Å². The number of carbonyl (C=O) groups excluding carboxylic acids is 1. The largest absolute Gasteiger partial charge is 0.496 e. The Morgan fingerprint density at radius 2 is 2.12 bits per heavy atom. The lowest BCUT2D eigenvalue weighted by atomic mass is 10.0. The molecule has 0 saturated carbocycles. The molecule has 0 fully saturated rings. The van der Waals surface area contributed by atoms with E-state index < -0.39 is 0 Å². The summed E-state index contributed by atoms with van der Waals surface area (Å²) in [5.41, 5.74) is 0.917. The lowest BCUT2D eigenvalue weighted by Gasteiger charge is -2.06. The van der Waals surface area contributed by atoms with Gasteiger partial charge in [-0.1, -0.05) is 30.3 Å². The molecule has 0 aliphatic rings. The smallest absolute Gasteiger partial charge is 0.226 e. The minimum atomic E-state index is -0.345. The van der Waals surface area contributed by atoms with Crippen molar-refractivity contribution in [3.8, 4) is 5.75 Å². The lowest BCUT2D eigenvalue weighted by Crippen LogP contribution is -1.93. The third kappa shape index (κ3) is 2.17. The second-order valence-corrected chi connectivity index (χ2v) is 3.97. The first-order valence-corrected chi connectivity index (χ1v) is 5.32. The molecule has 2 aromatic carbocycles. The fraction of sp³-hybridized carbons (Fsp3) is 0.154. The van der Waals surface area contributed by atoms with E-state index in [1.165, 1.54) is 0 Å². The summed E-state index contributed by atoms with van der Waals surface area (Å²) in [6.07, 6.45) is 0.259. The number of fused-ring (bicyclic) bond motifs is 1. The number of halogens is 1. The molecule has 16 heavy (non-hydrogen) atoms. The van der Waals surface area contributed by atoms with Gasteiger partial charge in [0.2, 0.25) is 5.24 Å². The first-order valence-electron chi connectivity index (χ1n) is 4.94. The molecule has 0 saturated heterocycles. The van der Waals surface area contributed by atoms with Crippen LogP contribution in [0.15, 0.2) is 36.4 Å². The Morgan fingerprint density at radius 3 is 2.81 bits per heavy atom. The van der Waals surface area contributed by atoms with Crippen LogP contribution < -0.4 is 4.74 Å². The third-order valence-corrected chi connectivity index (χ3v) is 2.60. The van der Waals surface area contributed by atoms with Crippen molar-refractivity contribution in [2.75, 3.05) is 7.11 Å². The summed E-state index contributed by atoms with van der Waals surface area (Å²) in [6.45, 7) is 0. The van der Waals surface area contributed by atoms with E-state index in [1.807, 2.05) is 36.4 Å². The zero-order valence-corrected chi connectivity index (χ0v) is 9.62. The number of hydrogen-bond acceptors (Lipinski definition) is 2. The van der Waals surface area contributed by atoms with Crippen LogP contribution in [0.25, 0.3) is 10.8 Å². The summed E-state index contributed by atoms with van der Waals surface area (Å²) in [7, 11) is 1.64. The van der Waals surface area contributed by atoms with Crippen LogP contribution >= 0.6 is 11.6 Å². The van der Waals surface area contributed by atoms with Crippen molar-refractivity contribution in [2.24, 2.45) is 0 Å². The molecule has 0 amide bonds. The molecule has 0 bridgehead atoms. The highest BCUT2D eigenvalue weighted by molar-refractivity contribution is 6.63. The van der Waals surface area contributed by atoms with Gasteiger partial charge in [0.15, 0.2) is 0 Å². The molecule has 0 aliphatic carbocycles. The predicted molar refractivity (Wildman–Crippen MR) is 65.1 cm³/mol. The van der Waals surface area contributed by atoms with Crippen molar-refractivity contribution >= 4 is 27.6 Å². The monoisotopic (exact) mass is 234 g/mol. The highest BCUT2D eigenvalue weighted by Crippen LogP contribution is 2.26. The quantitative estimate of drug-likeness (QED) is 0.763. The van der Waals surface area contributed by atoms with Gasteiger partial charge in [-0.15, -0.1) is 0 Å². The molecular weight excluding hydrogens is 224 g/mol. The normalized spacial score (nSPS) is 10.4. The highest BCUT2D eigenvalue weighted by Gasteiger charge is 2.04. The van der Waals surface area contributed by atoms with Crippen LogP contribution in [-0.4, -0.2) is 12.4 Å². The topological polar surface area (TPSA) is 26.3 Å². The summed E-state index contributed by atoms with van der Waals surface area (Å²) in [6, 6.07) is 11.6. The van der Waals surface area contributed by atoms with E-state index >= 15 is 0 Å². The Kier molecular flexibility index (Phi) is 3.11. The molecule has 0 heterocycles. The standard InChI is InChI=1S/C13H11ClO2/c1-16-12-4-2-3-10-7-9(8-13(14)15)5-6-11(10)12/h2-7H,8H2,1H3. The van der Waals surface area contributed by atoms with Crippen LogP contribution in [0.2, 0.25) is 0 Å². The Morgan fingerprint density at radius 1 is 1.31 bits per heavy atom. The van der Waals surface area contributed by atoms with E-state index in [0.717, 1.165) is 22.1 Å². The van der Waals surface area contributed by atoms with E-state index in [9.17, 15) is 4.79 Å². The summed E-state index contributed by atoms with van der Waals surface area (Å²) >= 11 is 5.36. The molecule has 0 spiro atoms. The van der Waals surface area contributed by atoms with Gasteiger partial charge in [0.05, 0.1) is 7.11 Å². The fourth-order valence-corrected chi connectivity index (χ4v) is 1.91. The Labute approximate surface area is 98.8 Å². The minimum Gasteiger partial charge on any atom is -0.496 e. The van der Waals surface area contributed by atoms with Gasteiger partial charge >= 0.3 is 0 Å². The van der Waals surface area contributed by atoms with Gasteiger partial charge in [0.1, 0.15) is 5.75 Å². The SMILES string of the molecule is COc1cccc2cc(CC(=O)Cl)ccc12. The molecule has 0 unspecified atom stereocenters. The van der Waals surface area contributed by atoms with Crippen molar-refractivity contribution in [1.82, 2.24) is 0 Å². The maximum Gasteiger partial charge on any atom is 0.226 e. The average Bonchev–Trinajstić information content (AvgIpc) is 2.27. The zero-order chi connectivity index (χ0) is 11.5. The third-order valence-electron chi connectivity index (χ3n) is 2.47. The molecule has 3 heteroatoms. The van der Waals surface area contributed by atoms with Crippen LogP contribution in [0.1, 0.15) is 5.56 Å². The Hall–Kier alpha value is -1.54. The van der Waals surface area contributed by atoms with Crippen LogP contribution in [0, 0.1) is 0 Å². The molecule has 0 radical (unpaired) electrons. The van der Waals surface area contributed by atoms with Crippen LogP contribution in [-0.2, 0) is 11.2 Å².